The summed E-state index contributed by atoms with van der Waals surface area (Å²) in [4.78, 5) is 0. The van der Waals surface area contributed by atoms with Gasteiger partial charge in [0.15, 0.2) is 0 Å². The first-order valence-corrected chi connectivity index (χ1v) is 6.53. The van der Waals surface area contributed by atoms with E-state index in [0.717, 1.165) is 13.1 Å². The van der Waals surface area contributed by atoms with Gasteiger partial charge in [-0.15, -0.1) is 0 Å². The normalized spacial score (nSPS) is 18.9. The molecule has 0 aromatic rings. The highest BCUT2D eigenvalue weighted by Crippen LogP contribution is 2.44. The van der Waals surface area contributed by atoms with Gasteiger partial charge in [0.1, 0.15) is 0 Å². The third kappa shape index (κ3) is 4.34. The molecule has 1 rings (SSSR count). The summed E-state index contributed by atoms with van der Waals surface area (Å²) in [6.45, 7) is 2.50. The van der Waals surface area contributed by atoms with Gasteiger partial charge in [-0.1, -0.05) is 0 Å². The third-order valence-corrected chi connectivity index (χ3v) is 3.44. The molecule has 1 fully saturated rings. The maximum atomic E-state index is 9.05. The largest absolute Gasteiger partial charge is 0.396 e. The van der Waals surface area contributed by atoms with E-state index in [9.17, 15) is 0 Å². The fraction of sp³-hybridized carbons (Fsp3) is 1.00. The molecule has 0 aromatic heterocycles. The minimum atomic E-state index is 0.277. The van der Waals surface area contributed by atoms with E-state index >= 15 is 0 Å². The SMILES string of the molecule is CSCCCCNCC1(CO)CC1. The summed E-state index contributed by atoms with van der Waals surface area (Å²) in [5.41, 5.74) is 0.277. The average Bonchev–Trinajstić information content (AvgIpc) is 2.92. The molecule has 0 aliphatic heterocycles. The summed E-state index contributed by atoms with van der Waals surface area (Å²) >= 11 is 1.91. The molecule has 1 saturated carbocycles. The molecule has 0 atom stereocenters. The van der Waals surface area contributed by atoms with Gasteiger partial charge in [-0.2, -0.15) is 11.8 Å². The van der Waals surface area contributed by atoms with Crippen molar-refractivity contribution >= 4 is 11.8 Å². The highest BCUT2D eigenvalue weighted by Gasteiger charge is 2.41. The van der Waals surface area contributed by atoms with Gasteiger partial charge in [-0.25, -0.2) is 0 Å². The predicted octanol–water partition coefficient (Wildman–Crippen LogP) is 1.49. The first-order valence-electron chi connectivity index (χ1n) is 5.13. The summed E-state index contributed by atoms with van der Waals surface area (Å²) in [5.74, 6) is 1.27. The van der Waals surface area contributed by atoms with Gasteiger partial charge in [-0.3, -0.25) is 0 Å². The zero-order chi connectivity index (χ0) is 9.57. The van der Waals surface area contributed by atoms with Crippen molar-refractivity contribution in [2.75, 3.05) is 31.7 Å². The molecule has 0 radical (unpaired) electrons. The van der Waals surface area contributed by atoms with Crippen molar-refractivity contribution in [3.63, 3.8) is 0 Å². The summed E-state index contributed by atoms with van der Waals surface area (Å²) in [6.07, 6.45) is 7.14. The van der Waals surface area contributed by atoms with Gasteiger partial charge in [0.2, 0.25) is 0 Å². The molecule has 3 heteroatoms. The fourth-order valence-electron chi connectivity index (χ4n) is 1.42. The second-order valence-electron chi connectivity index (χ2n) is 4.03. The van der Waals surface area contributed by atoms with Gasteiger partial charge in [0, 0.05) is 18.6 Å². The Balaban J connectivity index is 1.84. The van der Waals surface area contributed by atoms with Crippen molar-refractivity contribution in [1.82, 2.24) is 5.32 Å². The topological polar surface area (TPSA) is 32.3 Å². The monoisotopic (exact) mass is 203 g/mol. The molecule has 0 unspecified atom stereocenters. The summed E-state index contributed by atoms with van der Waals surface area (Å²) < 4.78 is 0. The van der Waals surface area contributed by atoms with Crippen LogP contribution in [0.25, 0.3) is 0 Å². The second-order valence-corrected chi connectivity index (χ2v) is 5.02. The molecule has 0 bridgehead atoms. The highest BCUT2D eigenvalue weighted by molar-refractivity contribution is 7.98. The zero-order valence-electron chi connectivity index (χ0n) is 8.51. The fourth-order valence-corrected chi connectivity index (χ4v) is 1.91. The molecular formula is C10H21NOS. The molecule has 0 saturated heterocycles. The summed E-state index contributed by atoms with van der Waals surface area (Å²) in [6, 6.07) is 0. The van der Waals surface area contributed by atoms with E-state index in [1.807, 2.05) is 11.8 Å². The maximum Gasteiger partial charge on any atom is 0.0499 e. The van der Waals surface area contributed by atoms with Crippen molar-refractivity contribution < 1.29 is 5.11 Å². The second kappa shape index (κ2) is 5.89. The Labute approximate surface area is 85.5 Å². The third-order valence-electron chi connectivity index (χ3n) is 2.74. The first kappa shape index (κ1) is 11.3. The van der Waals surface area contributed by atoms with Crippen LogP contribution in [0.15, 0.2) is 0 Å². The van der Waals surface area contributed by atoms with Crippen molar-refractivity contribution in [2.24, 2.45) is 5.41 Å². The van der Waals surface area contributed by atoms with Gasteiger partial charge < -0.3 is 10.4 Å². The standard InChI is InChI=1S/C10H21NOS/c1-13-7-3-2-6-11-8-10(9-12)4-5-10/h11-12H,2-9H2,1H3. The molecular weight excluding hydrogens is 182 g/mol. The van der Waals surface area contributed by atoms with Crippen LogP contribution in [0.4, 0.5) is 0 Å². The number of hydrogen-bond donors (Lipinski definition) is 2. The van der Waals surface area contributed by atoms with E-state index in [1.165, 1.54) is 31.4 Å². The van der Waals surface area contributed by atoms with E-state index in [2.05, 4.69) is 11.6 Å². The van der Waals surface area contributed by atoms with E-state index in [4.69, 9.17) is 5.11 Å². The smallest absolute Gasteiger partial charge is 0.0499 e. The van der Waals surface area contributed by atoms with Crippen LogP contribution in [0, 0.1) is 5.41 Å². The van der Waals surface area contributed by atoms with Crippen LogP contribution in [-0.4, -0.2) is 36.8 Å². The minimum absolute atomic E-state index is 0.277. The molecule has 78 valence electrons. The molecule has 0 heterocycles. The Morgan fingerprint density at radius 2 is 2.15 bits per heavy atom. The van der Waals surface area contributed by atoms with Crippen LogP contribution >= 0.6 is 11.8 Å². The molecule has 13 heavy (non-hydrogen) atoms. The van der Waals surface area contributed by atoms with Crippen molar-refractivity contribution in [2.45, 2.75) is 25.7 Å². The number of thioether (sulfide) groups is 1. The number of nitrogens with one attached hydrogen (secondary N) is 1. The first-order chi connectivity index (χ1) is 6.33. The van der Waals surface area contributed by atoms with Crippen LogP contribution in [0.2, 0.25) is 0 Å². The number of aliphatic hydroxyl groups excluding tert-OH is 1. The maximum absolute atomic E-state index is 9.05. The lowest BCUT2D eigenvalue weighted by Gasteiger charge is -2.12. The Kier molecular flexibility index (Phi) is 5.14. The molecule has 0 aromatic carbocycles. The number of hydrogen-bond acceptors (Lipinski definition) is 3. The summed E-state index contributed by atoms with van der Waals surface area (Å²) in [5, 5.41) is 12.5. The molecule has 1 aliphatic carbocycles. The van der Waals surface area contributed by atoms with Crippen molar-refractivity contribution in [1.29, 1.82) is 0 Å². The molecule has 1 aliphatic rings. The van der Waals surface area contributed by atoms with Crippen LogP contribution < -0.4 is 5.32 Å². The lowest BCUT2D eigenvalue weighted by molar-refractivity contribution is 0.208. The minimum Gasteiger partial charge on any atom is -0.396 e. The van der Waals surface area contributed by atoms with Crippen LogP contribution in [0.1, 0.15) is 25.7 Å². The predicted molar refractivity (Wildman–Crippen MR) is 59.2 cm³/mol. The lowest BCUT2D eigenvalue weighted by Crippen LogP contribution is -2.27. The van der Waals surface area contributed by atoms with Crippen molar-refractivity contribution in [3.05, 3.63) is 0 Å². The quantitative estimate of drug-likeness (QED) is 0.586. The summed E-state index contributed by atoms with van der Waals surface area (Å²) in [7, 11) is 0. The van der Waals surface area contributed by atoms with Crippen LogP contribution in [0.5, 0.6) is 0 Å². The highest BCUT2D eigenvalue weighted by atomic mass is 32.2. The Morgan fingerprint density at radius 1 is 1.38 bits per heavy atom. The Bertz CT molecular complexity index is 137. The van der Waals surface area contributed by atoms with Crippen molar-refractivity contribution in [3.8, 4) is 0 Å². The van der Waals surface area contributed by atoms with Crippen LogP contribution in [0.3, 0.4) is 0 Å². The zero-order valence-corrected chi connectivity index (χ0v) is 9.33. The molecule has 0 amide bonds. The van der Waals surface area contributed by atoms with Gasteiger partial charge in [0.05, 0.1) is 0 Å². The Morgan fingerprint density at radius 3 is 2.69 bits per heavy atom. The van der Waals surface area contributed by atoms with E-state index < -0.39 is 0 Å². The van der Waals surface area contributed by atoms with Gasteiger partial charge in [-0.05, 0) is 44.2 Å². The number of rotatable bonds is 8. The van der Waals surface area contributed by atoms with E-state index in [1.54, 1.807) is 0 Å². The number of aliphatic hydroxyl groups is 1. The Hall–Kier alpha value is 0.270. The number of unbranched alkanes of at least 4 members (excludes halogenated alkanes) is 1. The van der Waals surface area contributed by atoms with Gasteiger partial charge in [0.25, 0.3) is 0 Å². The molecule has 2 nitrogen and oxygen atoms in total. The molecule has 0 spiro atoms. The lowest BCUT2D eigenvalue weighted by atomic mass is 10.1. The van der Waals surface area contributed by atoms with Crippen LogP contribution in [-0.2, 0) is 0 Å². The molecule has 2 N–H and O–H groups in total. The van der Waals surface area contributed by atoms with Gasteiger partial charge >= 0.3 is 0 Å². The van der Waals surface area contributed by atoms with E-state index in [0.29, 0.717) is 6.61 Å². The average molecular weight is 203 g/mol. The van der Waals surface area contributed by atoms with E-state index in [-0.39, 0.29) is 5.41 Å².